The van der Waals surface area contributed by atoms with E-state index in [-0.39, 0.29) is 5.91 Å². The van der Waals surface area contributed by atoms with Crippen LogP contribution in [0.1, 0.15) is 17.3 Å². The highest BCUT2D eigenvalue weighted by Gasteiger charge is 2.11. The van der Waals surface area contributed by atoms with Gasteiger partial charge in [-0.25, -0.2) is 0 Å². The molecule has 0 saturated heterocycles. The van der Waals surface area contributed by atoms with Crippen LogP contribution in [-0.4, -0.2) is 12.5 Å². The highest BCUT2D eigenvalue weighted by molar-refractivity contribution is 7.13. The van der Waals surface area contributed by atoms with Gasteiger partial charge in [-0.05, 0) is 24.4 Å². The van der Waals surface area contributed by atoms with E-state index in [9.17, 15) is 4.79 Å². The minimum Gasteiger partial charge on any atom is -0.352 e. The van der Waals surface area contributed by atoms with Crippen LogP contribution in [0.5, 0.6) is 0 Å². The van der Waals surface area contributed by atoms with Gasteiger partial charge in [0.05, 0.1) is 0 Å². The molecule has 16 heavy (non-hydrogen) atoms. The molecule has 3 heteroatoms. The normalized spacial score (nSPS) is 10.1. The Labute approximate surface area is 98.9 Å². The van der Waals surface area contributed by atoms with Gasteiger partial charge in [-0.2, -0.15) is 0 Å². The molecule has 0 fully saturated rings. The zero-order chi connectivity index (χ0) is 11.4. The van der Waals surface area contributed by atoms with E-state index in [1.807, 2.05) is 48.7 Å². The van der Waals surface area contributed by atoms with E-state index in [2.05, 4.69) is 5.32 Å². The first kappa shape index (κ1) is 10.9. The zero-order valence-corrected chi connectivity index (χ0v) is 9.88. The number of thiophene rings is 1. The maximum atomic E-state index is 11.9. The molecule has 2 nitrogen and oxygen atoms in total. The average molecular weight is 231 g/mol. The maximum absolute atomic E-state index is 11.9. The SMILES string of the molecule is CCNC(=O)c1ccccc1-c1cccs1. The van der Waals surface area contributed by atoms with Gasteiger partial charge in [0, 0.05) is 22.5 Å². The van der Waals surface area contributed by atoms with Gasteiger partial charge in [0.1, 0.15) is 0 Å². The van der Waals surface area contributed by atoms with E-state index in [0.29, 0.717) is 6.54 Å². The molecule has 0 unspecified atom stereocenters. The Morgan fingerprint density at radius 1 is 1.25 bits per heavy atom. The summed E-state index contributed by atoms with van der Waals surface area (Å²) in [5.74, 6) is -0.00787. The third kappa shape index (κ3) is 2.14. The van der Waals surface area contributed by atoms with Crippen LogP contribution in [-0.2, 0) is 0 Å². The Morgan fingerprint density at radius 3 is 2.75 bits per heavy atom. The number of rotatable bonds is 3. The van der Waals surface area contributed by atoms with Crippen LogP contribution in [0.2, 0.25) is 0 Å². The smallest absolute Gasteiger partial charge is 0.251 e. The average Bonchev–Trinajstić information content (AvgIpc) is 2.83. The van der Waals surface area contributed by atoms with Crippen molar-refractivity contribution >= 4 is 17.2 Å². The summed E-state index contributed by atoms with van der Waals surface area (Å²) < 4.78 is 0. The molecule has 1 N–H and O–H groups in total. The van der Waals surface area contributed by atoms with Crippen LogP contribution >= 0.6 is 11.3 Å². The topological polar surface area (TPSA) is 29.1 Å². The second-order valence-electron chi connectivity index (χ2n) is 3.38. The van der Waals surface area contributed by atoms with E-state index in [1.54, 1.807) is 11.3 Å². The first-order valence-electron chi connectivity index (χ1n) is 5.24. The predicted molar refractivity (Wildman–Crippen MR) is 67.8 cm³/mol. The van der Waals surface area contributed by atoms with Crippen molar-refractivity contribution in [3.8, 4) is 10.4 Å². The van der Waals surface area contributed by atoms with Crippen molar-refractivity contribution in [2.45, 2.75) is 6.92 Å². The van der Waals surface area contributed by atoms with Crippen molar-refractivity contribution < 1.29 is 4.79 Å². The Morgan fingerprint density at radius 2 is 2.06 bits per heavy atom. The fourth-order valence-corrected chi connectivity index (χ4v) is 2.35. The van der Waals surface area contributed by atoms with Crippen LogP contribution in [0, 0.1) is 0 Å². The molecular weight excluding hydrogens is 218 g/mol. The summed E-state index contributed by atoms with van der Waals surface area (Å²) in [4.78, 5) is 13.0. The molecule has 0 spiro atoms. The maximum Gasteiger partial charge on any atom is 0.251 e. The fraction of sp³-hybridized carbons (Fsp3) is 0.154. The van der Waals surface area contributed by atoms with Crippen molar-refractivity contribution in [1.82, 2.24) is 5.32 Å². The summed E-state index contributed by atoms with van der Waals surface area (Å²) >= 11 is 1.65. The second kappa shape index (κ2) is 4.94. The third-order valence-electron chi connectivity index (χ3n) is 2.30. The van der Waals surface area contributed by atoms with E-state index in [1.165, 1.54) is 0 Å². The van der Waals surface area contributed by atoms with Crippen molar-refractivity contribution in [3.05, 3.63) is 47.3 Å². The van der Waals surface area contributed by atoms with Crippen LogP contribution in [0.15, 0.2) is 41.8 Å². The number of amides is 1. The lowest BCUT2D eigenvalue weighted by Crippen LogP contribution is -2.23. The summed E-state index contributed by atoms with van der Waals surface area (Å²) in [5.41, 5.74) is 1.75. The van der Waals surface area contributed by atoms with Gasteiger partial charge in [-0.1, -0.05) is 24.3 Å². The molecule has 0 bridgehead atoms. The third-order valence-corrected chi connectivity index (χ3v) is 3.20. The van der Waals surface area contributed by atoms with E-state index < -0.39 is 0 Å². The minimum absolute atomic E-state index is 0.00787. The molecule has 1 aromatic carbocycles. The molecule has 2 aromatic rings. The number of benzene rings is 1. The minimum atomic E-state index is -0.00787. The van der Waals surface area contributed by atoms with Gasteiger partial charge >= 0.3 is 0 Å². The molecule has 0 aliphatic heterocycles. The first-order valence-corrected chi connectivity index (χ1v) is 6.12. The first-order chi connectivity index (χ1) is 7.83. The summed E-state index contributed by atoms with van der Waals surface area (Å²) in [6.07, 6.45) is 0. The summed E-state index contributed by atoms with van der Waals surface area (Å²) in [5, 5.41) is 4.85. The molecule has 0 aliphatic rings. The second-order valence-corrected chi connectivity index (χ2v) is 4.33. The lowest BCUT2D eigenvalue weighted by atomic mass is 10.1. The van der Waals surface area contributed by atoms with Gasteiger partial charge in [-0.15, -0.1) is 11.3 Å². The van der Waals surface area contributed by atoms with Crippen LogP contribution in [0.3, 0.4) is 0 Å². The Balaban J connectivity index is 2.42. The summed E-state index contributed by atoms with van der Waals surface area (Å²) in [6.45, 7) is 2.57. The zero-order valence-electron chi connectivity index (χ0n) is 9.07. The van der Waals surface area contributed by atoms with Crippen molar-refractivity contribution in [2.75, 3.05) is 6.54 Å². The molecule has 1 heterocycles. The Hall–Kier alpha value is -1.61. The largest absolute Gasteiger partial charge is 0.352 e. The van der Waals surface area contributed by atoms with E-state index >= 15 is 0 Å². The molecule has 1 amide bonds. The van der Waals surface area contributed by atoms with Crippen LogP contribution in [0.25, 0.3) is 10.4 Å². The van der Waals surface area contributed by atoms with E-state index in [4.69, 9.17) is 0 Å². The predicted octanol–water partition coefficient (Wildman–Crippen LogP) is 3.16. The number of hydrogen-bond acceptors (Lipinski definition) is 2. The molecule has 0 atom stereocenters. The van der Waals surface area contributed by atoms with Gasteiger partial charge in [0.25, 0.3) is 5.91 Å². The van der Waals surface area contributed by atoms with Crippen LogP contribution < -0.4 is 5.32 Å². The fourth-order valence-electron chi connectivity index (χ4n) is 1.58. The highest BCUT2D eigenvalue weighted by Crippen LogP contribution is 2.27. The summed E-state index contributed by atoms with van der Waals surface area (Å²) in [6, 6.07) is 11.7. The standard InChI is InChI=1S/C13H13NOS/c1-2-14-13(15)11-7-4-3-6-10(11)12-8-5-9-16-12/h3-9H,2H2,1H3,(H,14,15). The highest BCUT2D eigenvalue weighted by atomic mass is 32.1. The van der Waals surface area contributed by atoms with Gasteiger partial charge < -0.3 is 5.32 Å². The molecule has 1 aromatic heterocycles. The molecular formula is C13H13NOS. The lowest BCUT2D eigenvalue weighted by molar-refractivity contribution is 0.0956. The van der Waals surface area contributed by atoms with Crippen molar-refractivity contribution in [1.29, 1.82) is 0 Å². The summed E-state index contributed by atoms with van der Waals surface area (Å²) in [7, 11) is 0. The van der Waals surface area contributed by atoms with Crippen LogP contribution in [0.4, 0.5) is 0 Å². The number of hydrogen-bond donors (Lipinski definition) is 1. The van der Waals surface area contributed by atoms with Crippen molar-refractivity contribution in [3.63, 3.8) is 0 Å². The molecule has 0 radical (unpaired) electrons. The number of carbonyl (C=O) groups excluding carboxylic acids is 1. The lowest BCUT2D eigenvalue weighted by Gasteiger charge is -2.07. The van der Waals surface area contributed by atoms with Gasteiger partial charge in [-0.3, -0.25) is 4.79 Å². The number of nitrogens with one attached hydrogen (secondary N) is 1. The number of carbonyl (C=O) groups is 1. The molecule has 2 rings (SSSR count). The van der Waals surface area contributed by atoms with Gasteiger partial charge in [0.2, 0.25) is 0 Å². The van der Waals surface area contributed by atoms with E-state index in [0.717, 1.165) is 16.0 Å². The molecule has 0 saturated carbocycles. The quantitative estimate of drug-likeness (QED) is 0.863. The Bertz CT molecular complexity index is 476. The van der Waals surface area contributed by atoms with Crippen molar-refractivity contribution in [2.24, 2.45) is 0 Å². The molecule has 0 aliphatic carbocycles. The Kier molecular flexibility index (Phi) is 3.37. The van der Waals surface area contributed by atoms with Gasteiger partial charge in [0.15, 0.2) is 0 Å². The molecule has 82 valence electrons. The monoisotopic (exact) mass is 231 g/mol.